The van der Waals surface area contributed by atoms with Gasteiger partial charge in [-0.3, -0.25) is 0 Å². The molecule has 0 aliphatic carbocycles. The van der Waals surface area contributed by atoms with E-state index in [2.05, 4.69) is 11.8 Å². The predicted octanol–water partition coefficient (Wildman–Crippen LogP) is 2.69. The van der Waals surface area contributed by atoms with Gasteiger partial charge in [-0.25, -0.2) is 0 Å². The molecule has 0 N–H and O–H groups in total. The van der Waals surface area contributed by atoms with Gasteiger partial charge in [-0.15, -0.1) is 11.8 Å². The van der Waals surface area contributed by atoms with Crippen LogP contribution >= 0.6 is 0 Å². The molecule has 0 heterocycles. The van der Waals surface area contributed by atoms with Crippen molar-refractivity contribution in [1.29, 1.82) is 0 Å². The number of rotatable bonds is 0. The molecule has 0 aromatic heterocycles. The van der Waals surface area contributed by atoms with E-state index in [1.54, 1.807) is 0 Å². The second-order valence-corrected chi connectivity index (χ2v) is 0.780. The van der Waals surface area contributed by atoms with Crippen molar-refractivity contribution in [2.75, 3.05) is 0 Å². The summed E-state index contributed by atoms with van der Waals surface area (Å²) in [5.41, 5.74) is 0. The van der Waals surface area contributed by atoms with Crippen molar-refractivity contribution in [3.8, 4) is 11.8 Å². The second kappa shape index (κ2) is 17.6. The van der Waals surface area contributed by atoms with Crippen LogP contribution in [0.5, 0.6) is 0 Å². The number of hydrogen-bond acceptors (Lipinski definition) is 0. The maximum atomic E-state index is 2.86. The molecule has 7 heavy (non-hydrogen) atoms. The molecule has 0 aliphatic heterocycles. The Balaban J connectivity index is -0.0000000800. The average molecular weight is 100 g/mol. The van der Waals surface area contributed by atoms with Gasteiger partial charge in [0, 0.05) is 6.42 Å². The van der Waals surface area contributed by atoms with Gasteiger partial charge in [0.1, 0.15) is 0 Å². The summed E-state index contributed by atoms with van der Waals surface area (Å²) >= 11 is 0. The molecule has 0 heteroatoms. The predicted molar refractivity (Wildman–Crippen MR) is 37.2 cm³/mol. The Morgan fingerprint density at radius 3 is 1.71 bits per heavy atom. The lowest BCUT2D eigenvalue weighted by molar-refractivity contribution is 1.28. The molecule has 0 spiro atoms. The Morgan fingerprint density at radius 1 is 1.29 bits per heavy atom. The van der Waals surface area contributed by atoms with Crippen LogP contribution in [0.4, 0.5) is 0 Å². The van der Waals surface area contributed by atoms with Crippen molar-refractivity contribution in [3.63, 3.8) is 0 Å². The second-order valence-electron chi connectivity index (χ2n) is 0.780. The van der Waals surface area contributed by atoms with E-state index in [0.717, 1.165) is 6.42 Å². The highest BCUT2D eigenvalue weighted by Crippen LogP contribution is 1.62. The van der Waals surface area contributed by atoms with Crippen LogP contribution in [0.2, 0.25) is 0 Å². The van der Waals surface area contributed by atoms with Crippen molar-refractivity contribution in [3.05, 3.63) is 0 Å². The van der Waals surface area contributed by atoms with Gasteiger partial charge in [0.25, 0.3) is 0 Å². The highest BCUT2D eigenvalue weighted by Gasteiger charge is 1.48. The van der Waals surface area contributed by atoms with Crippen molar-refractivity contribution in [2.24, 2.45) is 0 Å². The molecule has 0 nitrogen and oxygen atoms in total. The van der Waals surface area contributed by atoms with Crippen molar-refractivity contribution in [2.45, 2.75) is 35.1 Å². The maximum Gasteiger partial charge on any atom is 0.00601 e. The Labute approximate surface area is 47.9 Å². The van der Waals surface area contributed by atoms with E-state index < -0.39 is 0 Å². The van der Waals surface area contributed by atoms with E-state index in [1.165, 1.54) is 0 Å². The van der Waals surface area contributed by atoms with Crippen molar-refractivity contribution in [1.82, 2.24) is 0 Å². The molecule has 0 radical (unpaired) electrons. The van der Waals surface area contributed by atoms with E-state index in [1.807, 2.05) is 13.8 Å². The van der Waals surface area contributed by atoms with Gasteiger partial charge in [-0.2, -0.15) is 0 Å². The first-order valence-electron chi connectivity index (χ1n) is 1.81. The van der Waals surface area contributed by atoms with Crippen LogP contribution in [-0.2, 0) is 0 Å². The Bertz CT molecular complexity index is 52.2. The molecule has 0 bridgehead atoms. The van der Waals surface area contributed by atoms with Gasteiger partial charge in [-0.05, 0) is 6.92 Å². The molecular weight excluding hydrogens is 84.1 g/mol. The topological polar surface area (TPSA) is 0 Å². The molecule has 0 aromatic rings. The van der Waals surface area contributed by atoms with E-state index in [0.29, 0.717) is 0 Å². The standard InChI is InChI=1S/C5H8.2CH4/c1-3-5-4-2;;/h3H2,1-2H3;2*1H4. The summed E-state index contributed by atoms with van der Waals surface area (Å²) in [5.74, 6) is 5.63. The van der Waals surface area contributed by atoms with Gasteiger partial charge in [-0.1, -0.05) is 21.8 Å². The van der Waals surface area contributed by atoms with Crippen LogP contribution in [0, 0.1) is 11.8 Å². The van der Waals surface area contributed by atoms with E-state index in [4.69, 9.17) is 0 Å². The van der Waals surface area contributed by atoms with Gasteiger partial charge in [0.05, 0.1) is 0 Å². The molecule has 0 fully saturated rings. The summed E-state index contributed by atoms with van der Waals surface area (Å²) in [6, 6.07) is 0. The smallest absolute Gasteiger partial charge is 0.00601 e. The minimum Gasteiger partial charge on any atom is -0.107 e. The lowest BCUT2D eigenvalue weighted by Gasteiger charge is -1.58. The fourth-order valence-electron chi connectivity index (χ4n) is 0.177. The zero-order valence-corrected chi connectivity index (χ0v) is 3.71. The largest absolute Gasteiger partial charge is 0.107 e. The van der Waals surface area contributed by atoms with Crippen LogP contribution in [0.15, 0.2) is 0 Å². The summed E-state index contributed by atoms with van der Waals surface area (Å²) in [4.78, 5) is 0. The fourth-order valence-corrected chi connectivity index (χ4v) is 0.177. The van der Waals surface area contributed by atoms with Crippen LogP contribution in [0.25, 0.3) is 0 Å². The highest BCUT2D eigenvalue weighted by atomic mass is 13.5. The summed E-state index contributed by atoms with van der Waals surface area (Å²) < 4.78 is 0. The first-order chi connectivity index (χ1) is 2.41. The van der Waals surface area contributed by atoms with Crippen LogP contribution in [0.1, 0.15) is 35.1 Å². The molecule has 44 valence electrons. The maximum absolute atomic E-state index is 2.86. The normalized spacial score (nSPS) is 3.71. The lowest BCUT2D eigenvalue weighted by atomic mass is 10.5. The van der Waals surface area contributed by atoms with Gasteiger partial charge in [0.15, 0.2) is 0 Å². The molecule has 0 saturated heterocycles. The lowest BCUT2D eigenvalue weighted by Crippen LogP contribution is -1.45. The molecule has 0 rings (SSSR count). The first-order valence-corrected chi connectivity index (χ1v) is 1.81. The minimum atomic E-state index is 0. The van der Waals surface area contributed by atoms with Gasteiger partial charge in [0.2, 0.25) is 0 Å². The molecule has 0 aromatic carbocycles. The van der Waals surface area contributed by atoms with Crippen molar-refractivity contribution < 1.29 is 0 Å². The number of hydrogen-bond donors (Lipinski definition) is 0. The highest BCUT2D eigenvalue weighted by molar-refractivity contribution is 4.92. The summed E-state index contributed by atoms with van der Waals surface area (Å²) in [5, 5.41) is 0. The molecule has 0 atom stereocenters. The first kappa shape index (κ1) is 16.0. The van der Waals surface area contributed by atoms with Crippen LogP contribution in [-0.4, -0.2) is 0 Å². The van der Waals surface area contributed by atoms with E-state index in [9.17, 15) is 0 Å². The monoisotopic (exact) mass is 100 g/mol. The third-order valence-corrected chi connectivity index (χ3v) is 0.354. The minimum absolute atomic E-state index is 0. The van der Waals surface area contributed by atoms with E-state index >= 15 is 0 Å². The third kappa shape index (κ3) is 29.0. The molecule has 0 amide bonds. The quantitative estimate of drug-likeness (QED) is 0.410. The molecular formula is C7H16. The average Bonchev–Trinajstić information content (AvgIpc) is 1.41. The summed E-state index contributed by atoms with van der Waals surface area (Å²) in [6.45, 7) is 3.89. The fraction of sp³-hybridized carbons (Fsp3) is 0.714. The van der Waals surface area contributed by atoms with Gasteiger partial charge >= 0.3 is 0 Å². The SMILES string of the molecule is C.C.CC#CCC. The molecule has 0 aliphatic rings. The van der Waals surface area contributed by atoms with Crippen LogP contribution < -0.4 is 0 Å². The molecule has 0 saturated carbocycles. The third-order valence-electron chi connectivity index (χ3n) is 0.354. The summed E-state index contributed by atoms with van der Waals surface area (Å²) in [6.07, 6.45) is 0.983. The molecule has 0 unspecified atom stereocenters. The van der Waals surface area contributed by atoms with Crippen molar-refractivity contribution >= 4 is 0 Å². The zero-order valence-electron chi connectivity index (χ0n) is 3.71. The Morgan fingerprint density at radius 2 is 1.71 bits per heavy atom. The zero-order chi connectivity index (χ0) is 4.12. The van der Waals surface area contributed by atoms with E-state index in [-0.39, 0.29) is 14.9 Å². The van der Waals surface area contributed by atoms with Gasteiger partial charge < -0.3 is 0 Å². The Kier molecular flexibility index (Phi) is 40.3. The van der Waals surface area contributed by atoms with Crippen LogP contribution in [0.3, 0.4) is 0 Å². The Hall–Kier alpha value is -0.440. The summed E-state index contributed by atoms with van der Waals surface area (Å²) in [7, 11) is 0.